The number of rotatable bonds is 47. The third-order valence-corrected chi connectivity index (χ3v) is 11.3. The van der Waals surface area contributed by atoms with Crippen LogP contribution < -0.4 is 0 Å². The van der Waals surface area contributed by atoms with Crippen LogP contribution in [0.3, 0.4) is 0 Å². The Labute approximate surface area is 378 Å². The monoisotopic (exact) mass is 855 g/mol. The molecular weight excluding hydrogens is 757 g/mol. The van der Waals surface area contributed by atoms with Crippen molar-refractivity contribution >= 4 is 17.9 Å². The predicted octanol–water partition coefficient (Wildman–Crippen LogP) is 17.1. The molecule has 0 radical (unpaired) electrons. The summed E-state index contributed by atoms with van der Waals surface area (Å²) in [5, 5.41) is 0. The smallest absolute Gasteiger partial charge is 0.306 e. The Bertz CT molecular complexity index is 1070. The number of hydrogen-bond acceptors (Lipinski definition) is 6. The molecule has 0 aliphatic rings. The van der Waals surface area contributed by atoms with Crippen molar-refractivity contribution in [3.8, 4) is 0 Å². The van der Waals surface area contributed by atoms with Crippen LogP contribution in [0, 0.1) is 0 Å². The van der Waals surface area contributed by atoms with E-state index in [9.17, 15) is 14.4 Å². The second-order valence-corrected chi connectivity index (χ2v) is 17.4. The number of carbonyl (C=O) groups is 3. The standard InChI is InChI=1S/C55H98O6/c1-4-7-10-13-16-19-21-23-25-27-29-31-33-36-39-42-45-48-54(57)60-51-52(50-59-53(56)47-44-41-38-35-18-15-12-9-6-3)61-55(58)49-46-43-40-37-34-32-30-28-26-24-22-20-17-14-11-8-5-2/h16-17,19-20,23-26,52H,4-15,18,21-22,27-51H2,1-3H3/b19-16-,20-17-,25-23-,26-24-. The molecule has 6 heteroatoms. The lowest BCUT2D eigenvalue weighted by molar-refractivity contribution is -0.167. The van der Waals surface area contributed by atoms with E-state index in [4.69, 9.17) is 14.2 Å². The zero-order chi connectivity index (χ0) is 44.4. The van der Waals surface area contributed by atoms with Crippen molar-refractivity contribution in [1.82, 2.24) is 0 Å². The van der Waals surface area contributed by atoms with Crippen LogP contribution in [0.5, 0.6) is 0 Å². The number of ether oxygens (including phenoxy) is 3. The number of unbranched alkanes of at least 4 members (excludes halogenated alkanes) is 28. The summed E-state index contributed by atoms with van der Waals surface area (Å²) in [5.41, 5.74) is 0. The number of carbonyl (C=O) groups excluding carboxylic acids is 3. The lowest BCUT2D eigenvalue weighted by Gasteiger charge is -2.18. The van der Waals surface area contributed by atoms with Gasteiger partial charge in [-0.3, -0.25) is 14.4 Å². The second kappa shape index (κ2) is 50.0. The lowest BCUT2D eigenvalue weighted by atomic mass is 10.1. The van der Waals surface area contributed by atoms with Gasteiger partial charge in [0.1, 0.15) is 13.2 Å². The molecule has 1 unspecified atom stereocenters. The van der Waals surface area contributed by atoms with Crippen molar-refractivity contribution < 1.29 is 28.6 Å². The highest BCUT2D eigenvalue weighted by Crippen LogP contribution is 2.15. The number of hydrogen-bond donors (Lipinski definition) is 0. The molecule has 6 nitrogen and oxygen atoms in total. The largest absolute Gasteiger partial charge is 0.462 e. The molecule has 0 saturated heterocycles. The Morgan fingerprint density at radius 1 is 0.328 bits per heavy atom. The third-order valence-electron chi connectivity index (χ3n) is 11.3. The number of esters is 3. The van der Waals surface area contributed by atoms with Crippen molar-refractivity contribution in [3.05, 3.63) is 48.6 Å². The molecule has 0 aromatic carbocycles. The van der Waals surface area contributed by atoms with Crippen LogP contribution in [-0.2, 0) is 28.6 Å². The average molecular weight is 855 g/mol. The fourth-order valence-electron chi connectivity index (χ4n) is 7.33. The highest BCUT2D eigenvalue weighted by molar-refractivity contribution is 5.71. The average Bonchev–Trinajstić information content (AvgIpc) is 3.26. The van der Waals surface area contributed by atoms with E-state index in [0.29, 0.717) is 19.3 Å². The number of allylic oxidation sites excluding steroid dienone is 8. The summed E-state index contributed by atoms with van der Waals surface area (Å²) in [6.45, 7) is 6.57. The molecule has 0 bridgehead atoms. The van der Waals surface area contributed by atoms with Gasteiger partial charge in [-0.2, -0.15) is 0 Å². The molecule has 0 saturated carbocycles. The maximum Gasteiger partial charge on any atom is 0.306 e. The minimum absolute atomic E-state index is 0.0772. The summed E-state index contributed by atoms with van der Waals surface area (Å²) in [6.07, 6.45) is 59.5. The summed E-state index contributed by atoms with van der Waals surface area (Å²) in [4.78, 5) is 37.9. The Morgan fingerprint density at radius 3 is 0.934 bits per heavy atom. The van der Waals surface area contributed by atoms with E-state index in [1.807, 2.05) is 0 Å². The first-order valence-corrected chi connectivity index (χ1v) is 26.1. The van der Waals surface area contributed by atoms with Crippen LogP contribution in [0.1, 0.15) is 265 Å². The van der Waals surface area contributed by atoms with Gasteiger partial charge in [0.2, 0.25) is 0 Å². The molecule has 61 heavy (non-hydrogen) atoms. The molecule has 354 valence electrons. The molecule has 0 spiro atoms. The van der Waals surface area contributed by atoms with Gasteiger partial charge in [-0.15, -0.1) is 0 Å². The molecule has 0 N–H and O–H groups in total. The van der Waals surface area contributed by atoms with Crippen molar-refractivity contribution in [2.45, 2.75) is 271 Å². The molecule has 0 aliphatic heterocycles. The van der Waals surface area contributed by atoms with Gasteiger partial charge in [0.25, 0.3) is 0 Å². The van der Waals surface area contributed by atoms with Gasteiger partial charge in [-0.05, 0) is 83.5 Å². The highest BCUT2D eigenvalue weighted by Gasteiger charge is 2.19. The summed E-state index contributed by atoms with van der Waals surface area (Å²) >= 11 is 0. The molecular formula is C55H98O6. The Kier molecular flexibility index (Phi) is 47.9. The summed E-state index contributed by atoms with van der Waals surface area (Å²) < 4.78 is 16.8. The molecule has 0 aromatic heterocycles. The highest BCUT2D eigenvalue weighted by atomic mass is 16.6. The molecule has 0 fully saturated rings. The molecule has 1 atom stereocenters. The van der Waals surface area contributed by atoms with E-state index in [1.54, 1.807) is 0 Å². The molecule has 0 aliphatic carbocycles. The summed E-state index contributed by atoms with van der Waals surface area (Å²) in [7, 11) is 0. The van der Waals surface area contributed by atoms with Crippen molar-refractivity contribution in [1.29, 1.82) is 0 Å². The lowest BCUT2D eigenvalue weighted by Crippen LogP contribution is -2.30. The van der Waals surface area contributed by atoms with Gasteiger partial charge in [-0.1, -0.05) is 211 Å². The SMILES string of the molecule is CCCCC/C=C\C/C=C\CCCCCCCCCC(=O)OCC(COC(=O)CCCCCCCCCCC)OC(=O)CCCCCCCCC/C=C\C/C=C\CCCCC. The van der Waals surface area contributed by atoms with Crippen molar-refractivity contribution in [3.63, 3.8) is 0 Å². The summed E-state index contributed by atoms with van der Waals surface area (Å²) in [6, 6.07) is 0. The van der Waals surface area contributed by atoms with Crippen molar-refractivity contribution in [2.24, 2.45) is 0 Å². The van der Waals surface area contributed by atoms with Crippen LogP contribution in [0.2, 0.25) is 0 Å². The minimum Gasteiger partial charge on any atom is -0.462 e. The van der Waals surface area contributed by atoms with Crippen LogP contribution in [0.25, 0.3) is 0 Å². The van der Waals surface area contributed by atoms with E-state index >= 15 is 0 Å². The molecule has 0 amide bonds. The predicted molar refractivity (Wildman–Crippen MR) is 261 cm³/mol. The fourth-order valence-corrected chi connectivity index (χ4v) is 7.33. The van der Waals surface area contributed by atoms with E-state index < -0.39 is 6.10 Å². The summed E-state index contributed by atoms with van der Waals surface area (Å²) in [5.74, 6) is -0.889. The first-order valence-electron chi connectivity index (χ1n) is 26.1. The molecule has 0 heterocycles. The zero-order valence-corrected chi connectivity index (χ0v) is 40.4. The Hall–Kier alpha value is -2.63. The Morgan fingerprint density at radius 2 is 0.590 bits per heavy atom. The first-order chi connectivity index (χ1) is 30.0. The second-order valence-electron chi connectivity index (χ2n) is 17.4. The normalized spacial score (nSPS) is 12.4. The zero-order valence-electron chi connectivity index (χ0n) is 40.4. The van der Waals surface area contributed by atoms with Crippen LogP contribution in [0.4, 0.5) is 0 Å². The third kappa shape index (κ3) is 48.3. The maximum absolute atomic E-state index is 12.8. The van der Waals surface area contributed by atoms with Crippen LogP contribution >= 0.6 is 0 Å². The maximum atomic E-state index is 12.8. The van der Waals surface area contributed by atoms with Gasteiger partial charge in [0.15, 0.2) is 6.10 Å². The Balaban J connectivity index is 4.33. The van der Waals surface area contributed by atoms with Crippen molar-refractivity contribution in [2.75, 3.05) is 13.2 Å². The van der Waals surface area contributed by atoms with E-state index in [-0.39, 0.29) is 31.1 Å². The quantitative estimate of drug-likeness (QED) is 0.0263. The van der Waals surface area contributed by atoms with E-state index in [0.717, 1.165) is 83.5 Å². The van der Waals surface area contributed by atoms with E-state index in [1.165, 1.54) is 141 Å². The van der Waals surface area contributed by atoms with E-state index in [2.05, 4.69) is 69.4 Å². The van der Waals surface area contributed by atoms with Gasteiger partial charge in [-0.25, -0.2) is 0 Å². The topological polar surface area (TPSA) is 78.9 Å². The van der Waals surface area contributed by atoms with Gasteiger partial charge < -0.3 is 14.2 Å². The van der Waals surface area contributed by atoms with Gasteiger partial charge >= 0.3 is 17.9 Å². The molecule has 0 aromatic rings. The van der Waals surface area contributed by atoms with Gasteiger partial charge in [0.05, 0.1) is 0 Å². The molecule has 0 rings (SSSR count). The van der Waals surface area contributed by atoms with Crippen LogP contribution in [0.15, 0.2) is 48.6 Å². The van der Waals surface area contributed by atoms with Gasteiger partial charge in [0, 0.05) is 19.3 Å². The minimum atomic E-state index is -0.777. The first kappa shape index (κ1) is 58.4. The fraction of sp³-hybridized carbons (Fsp3) is 0.800. The van der Waals surface area contributed by atoms with Crippen LogP contribution in [-0.4, -0.2) is 37.2 Å².